The lowest BCUT2D eigenvalue weighted by atomic mass is 10.1. The predicted octanol–water partition coefficient (Wildman–Crippen LogP) is 3.45. The second-order valence-electron chi connectivity index (χ2n) is 6.24. The lowest BCUT2D eigenvalue weighted by molar-refractivity contribution is 0.102. The summed E-state index contributed by atoms with van der Waals surface area (Å²) in [5.41, 5.74) is 2.74. The van der Waals surface area contributed by atoms with Gasteiger partial charge in [0.05, 0.1) is 0 Å². The number of nitrogens with one attached hydrogen (secondary N) is 1. The molecule has 0 atom stereocenters. The second-order valence-corrected chi connectivity index (χ2v) is 7.16. The smallest absolute Gasteiger partial charge is 0.255 e. The third kappa shape index (κ3) is 4.66. The minimum absolute atomic E-state index is 0.0943. The van der Waals surface area contributed by atoms with Gasteiger partial charge in [0.2, 0.25) is 0 Å². The minimum atomic E-state index is -0.0943. The van der Waals surface area contributed by atoms with Crippen molar-refractivity contribution in [3.8, 4) is 0 Å². The number of halogens is 1. The molecule has 1 amide bonds. The molecule has 5 heteroatoms. The van der Waals surface area contributed by atoms with Crippen molar-refractivity contribution in [2.75, 3.05) is 38.5 Å². The van der Waals surface area contributed by atoms with Crippen LogP contribution in [0.25, 0.3) is 0 Å². The van der Waals surface area contributed by atoms with E-state index in [0.29, 0.717) is 5.56 Å². The first-order valence-corrected chi connectivity index (χ1v) is 8.96. The molecule has 24 heavy (non-hydrogen) atoms. The summed E-state index contributed by atoms with van der Waals surface area (Å²) in [6.45, 7) is 5.44. The summed E-state index contributed by atoms with van der Waals surface area (Å²) in [4.78, 5) is 17.1. The first kappa shape index (κ1) is 17.1. The maximum absolute atomic E-state index is 12.3. The van der Waals surface area contributed by atoms with E-state index in [-0.39, 0.29) is 5.91 Å². The minimum Gasteiger partial charge on any atom is -0.322 e. The first-order chi connectivity index (χ1) is 11.6. The van der Waals surface area contributed by atoms with Gasteiger partial charge in [0, 0.05) is 48.4 Å². The molecule has 1 N–H and O–H groups in total. The van der Waals surface area contributed by atoms with Gasteiger partial charge in [-0.2, -0.15) is 0 Å². The predicted molar refractivity (Wildman–Crippen MR) is 101 cm³/mol. The summed E-state index contributed by atoms with van der Waals surface area (Å²) in [6, 6.07) is 15.5. The quantitative estimate of drug-likeness (QED) is 0.872. The number of nitrogens with zero attached hydrogens (tertiary/aromatic N) is 2. The molecule has 4 nitrogen and oxygen atoms in total. The van der Waals surface area contributed by atoms with Gasteiger partial charge < -0.3 is 10.2 Å². The van der Waals surface area contributed by atoms with Crippen LogP contribution in [-0.4, -0.2) is 48.9 Å². The Kier molecular flexibility index (Phi) is 5.66. The maximum Gasteiger partial charge on any atom is 0.255 e. The Bertz CT molecular complexity index is 694. The highest BCUT2D eigenvalue weighted by Gasteiger charge is 2.13. The highest BCUT2D eigenvalue weighted by Crippen LogP contribution is 2.16. The molecule has 1 aliphatic rings. The molecule has 1 fully saturated rings. The van der Waals surface area contributed by atoms with Crippen LogP contribution in [0, 0.1) is 0 Å². The van der Waals surface area contributed by atoms with Crippen molar-refractivity contribution in [1.82, 2.24) is 9.80 Å². The van der Waals surface area contributed by atoms with Gasteiger partial charge in [-0.25, -0.2) is 0 Å². The number of rotatable bonds is 4. The normalized spacial score (nSPS) is 16.1. The van der Waals surface area contributed by atoms with Crippen LogP contribution in [-0.2, 0) is 6.54 Å². The molecule has 0 spiro atoms. The Balaban J connectivity index is 1.57. The van der Waals surface area contributed by atoms with Gasteiger partial charge in [-0.1, -0.05) is 34.1 Å². The molecule has 2 aromatic rings. The van der Waals surface area contributed by atoms with E-state index in [0.717, 1.165) is 42.9 Å². The van der Waals surface area contributed by atoms with E-state index >= 15 is 0 Å². The molecular formula is C19H22BrN3O. The molecule has 0 radical (unpaired) electrons. The van der Waals surface area contributed by atoms with Crippen LogP contribution in [0.2, 0.25) is 0 Å². The Labute approximate surface area is 151 Å². The van der Waals surface area contributed by atoms with Crippen molar-refractivity contribution in [2.24, 2.45) is 0 Å². The van der Waals surface area contributed by atoms with Gasteiger partial charge in [-0.05, 0) is 42.9 Å². The van der Waals surface area contributed by atoms with E-state index in [1.54, 1.807) is 0 Å². The first-order valence-electron chi connectivity index (χ1n) is 8.17. The van der Waals surface area contributed by atoms with Gasteiger partial charge in [0.15, 0.2) is 0 Å². The third-order valence-electron chi connectivity index (χ3n) is 4.30. The Hall–Kier alpha value is -1.69. The number of anilines is 1. The number of hydrogen-bond acceptors (Lipinski definition) is 3. The number of carbonyl (C=O) groups excluding carboxylic acids is 1. The molecule has 0 aromatic heterocycles. The van der Waals surface area contributed by atoms with Crippen molar-refractivity contribution >= 4 is 27.5 Å². The Morgan fingerprint density at radius 3 is 2.46 bits per heavy atom. The molecule has 0 aliphatic carbocycles. The number of likely N-dealkylation sites (N-methyl/N-ethyl adjacent to an activating group) is 1. The maximum atomic E-state index is 12.3. The number of carbonyl (C=O) groups is 1. The van der Waals surface area contributed by atoms with Gasteiger partial charge in [-0.3, -0.25) is 9.69 Å². The van der Waals surface area contributed by atoms with Crippen LogP contribution >= 0.6 is 15.9 Å². The van der Waals surface area contributed by atoms with E-state index in [2.05, 4.69) is 50.2 Å². The van der Waals surface area contributed by atoms with Gasteiger partial charge in [0.1, 0.15) is 0 Å². The summed E-state index contributed by atoms with van der Waals surface area (Å²) >= 11 is 3.39. The molecule has 0 saturated carbocycles. The van der Waals surface area contributed by atoms with Crippen LogP contribution in [0.1, 0.15) is 15.9 Å². The average Bonchev–Trinajstić information content (AvgIpc) is 2.59. The van der Waals surface area contributed by atoms with Crippen LogP contribution in [0.3, 0.4) is 0 Å². The molecule has 126 valence electrons. The van der Waals surface area contributed by atoms with Crippen molar-refractivity contribution in [3.05, 3.63) is 64.1 Å². The molecule has 1 aliphatic heterocycles. The van der Waals surface area contributed by atoms with Crippen molar-refractivity contribution in [2.45, 2.75) is 6.54 Å². The summed E-state index contributed by atoms with van der Waals surface area (Å²) in [5.74, 6) is -0.0943. The Morgan fingerprint density at radius 2 is 1.79 bits per heavy atom. The van der Waals surface area contributed by atoms with E-state index in [1.165, 1.54) is 5.56 Å². The molecule has 3 rings (SSSR count). The number of hydrogen-bond donors (Lipinski definition) is 1. The zero-order valence-electron chi connectivity index (χ0n) is 13.8. The van der Waals surface area contributed by atoms with Crippen molar-refractivity contribution in [1.29, 1.82) is 0 Å². The monoisotopic (exact) mass is 387 g/mol. The lowest BCUT2D eigenvalue weighted by Crippen LogP contribution is -2.43. The molecule has 0 bridgehead atoms. The summed E-state index contributed by atoms with van der Waals surface area (Å²) < 4.78 is 0.901. The topological polar surface area (TPSA) is 35.6 Å². The van der Waals surface area contributed by atoms with E-state index in [1.807, 2.05) is 36.4 Å². The summed E-state index contributed by atoms with van der Waals surface area (Å²) in [6.07, 6.45) is 0. The average molecular weight is 388 g/mol. The molecule has 2 aromatic carbocycles. The third-order valence-corrected chi connectivity index (χ3v) is 4.79. The standard InChI is InChI=1S/C19H22BrN3O/c1-22-9-11-23(12-10-22)14-15-5-7-18(8-6-15)21-19(24)16-3-2-4-17(20)13-16/h2-8,13H,9-12,14H2,1H3,(H,21,24). The SMILES string of the molecule is CN1CCN(Cc2ccc(NC(=O)c3cccc(Br)c3)cc2)CC1. The lowest BCUT2D eigenvalue weighted by Gasteiger charge is -2.32. The highest BCUT2D eigenvalue weighted by molar-refractivity contribution is 9.10. The molecule has 1 saturated heterocycles. The van der Waals surface area contributed by atoms with E-state index in [9.17, 15) is 4.79 Å². The largest absolute Gasteiger partial charge is 0.322 e. The van der Waals surface area contributed by atoms with E-state index in [4.69, 9.17) is 0 Å². The second kappa shape index (κ2) is 7.92. The Morgan fingerprint density at radius 1 is 1.08 bits per heavy atom. The number of amides is 1. The van der Waals surface area contributed by atoms with Crippen LogP contribution in [0.4, 0.5) is 5.69 Å². The molecule has 0 unspecified atom stereocenters. The zero-order chi connectivity index (χ0) is 16.9. The molecular weight excluding hydrogens is 366 g/mol. The van der Waals surface area contributed by atoms with Gasteiger partial charge >= 0.3 is 0 Å². The number of piperazine rings is 1. The summed E-state index contributed by atoms with van der Waals surface area (Å²) in [5, 5.41) is 2.94. The fourth-order valence-electron chi connectivity index (χ4n) is 2.79. The van der Waals surface area contributed by atoms with Gasteiger partial charge in [0.25, 0.3) is 5.91 Å². The fourth-order valence-corrected chi connectivity index (χ4v) is 3.19. The molecule has 1 heterocycles. The van der Waals surface area contributed by atoms with Gasteiger partial charge in [-0.15, -0.1) is 0 Å². The zero-order valence-corrected chi connectivity index (χ0v) is 15.4. The van der Waals surface area contributed by atoms with Crippen LogP contribution in [0.15, 0.2) is 53.0 Å². The van der Waals surface area contributed by atoms with Crippen LogP contribution in [0.5, 0.6) is 0 Å². The fraction of sp³-hybridized carbons (Fsp3) is 0.316. The summed E-state index contributed by atoms with van der Waals surface area (Å²) in [7, 11) is 2.17. The number of benzene rings is 2. The van der Waals surface area contributed by atoms with Crippen molar-refractivity contribution in [3.63, 3.8) is 0 Å². The highest BCUT2D eigenvalue weighted by atomic mass is 79.9. The van der Waals surface area contributed by atoms with E-state index < -0.39 is 0 Å². The van der Waals surface area contributed by atoms with Crippen LogP contribution < -0.4 is 5.32 Å². The van der Waals surface area contributed by atoms with Crippen molar-refractivity contribution < 1.29 is 4.79 Å².